The zero-order valence-corrected chi connectivity index (χ0v) is 21.1. The first kappa shape index (κ1) is 25.7. The van der Waals surface area contributed by atoms with Crippen molar-refractivity contribution in [3.63, 3.8) is 0 Å². The fourth-order valence-corrected chi connectivity index (χ4v) is 5.54. The molecule has 0 aromatic heterocycles. The molecule has 3 N–H and O–H groups in total. The van der Waals surface area contributed by atoms with E-state index in [0.717, 1.165) is 48.6 Å². The highest BCUT2D eigenvalue weighted by atomic mass is 32.2. The molecule has 0 atom stereocenters. The monoisotopic (exact) mass is 525 g/mol. The van der Waals surface area contributed by atoms with Gasteiger partial charge in [0, 0.05) is 54.6 Å². The predicted octanol–water partition coefficient (Wildman–Crippen LogP) is 3.82. The smallest absolute Gasteiger partial charge is 0.264 e. The number of amides is 1. The SMILES string of the molecule is O=Nc1cc(S(=O)(=O)NC(=O)c2ccc(N3CCNCC3)cc2)ccc1NCCSc1ccccc1. The quantitative estimate of drug-likeness (QED) is 0.208. The van der Waals surface area contributed by atoms with Crippen molar-refractivity contribution in [2.45, 2.75) is 9.79 Å². The Hall–Kier alpha value is -3.41. The van der Waals surface area contributed by atoms with E-state index in [1.807, 2.05) is 30.3 Å². The molecule has 0 aliphatic carbocycles. The van der Waals surface area contributed by atoms with Gasteiger partial charge in [-0.25, -0.2) is 13.1 Å². The lowest BCUT2D eigenvalue weighted by molar-refractivity contribution is 0.0981. The molecule has 1 saturated heterocycles. The molecule has 188 valence electrons. The van der Waals surface area contributed by atoms with Crippen molar-refractivity contribution >= 4 is 44.8 Å². The van der Waals surface area contributed by atoms with Gasteiger partial charge in [-0.1, -0.05) is 18.2 Å². The van der Waals surface area contributed by atoms with E-state index in [1.54, 1.807) is 36.0 Å². The first-order chi connectivity index (χ1) is 17.5. The molecule has 1 aliphatic rings. The van der Waals surface area contributed by atoms with Gasteiger partial charge < -0.3 is 15.5 Å². The number of hydrogen-bond acceptors (Lipinski definition) is 9. The van der Waals surface area contributed by atoms with Crippen LogP contribution in [0.5, 0.6) is 0 Å². The van der Waals surface area contributed by atoms with Crippen LogP contribution in [0.3, 0.4) is 0 Å². The van der Waals surface area contributed by atoms with Crippen LogP contribution in [0, 0.1) is 4.91 Å². The van der Waals surface area contributed by atoms with Gasteiger partial charge in [0.15, 0.2) is 0 Å². The molecule has 11 heteroatoms. The van der Waals surface area contributed by atoms with E-state index in [9.17, 15) is 18.1 Å². The Balaban J connectivity index is 1.37. The molecule has 0 unspecified atom stereocenters. The number of sulfonamides is 1. The minimum absolute atomic E-state index is 0.0459. The Labute approximate surface area is 214 Å². The Morgan fingerprint density at radius 1 is 1.00 bits per heavy atom. The number of hydrogen-bond donors (Lipinski definition) is 3. The van der Waals surface area contributed by atoms with Gasteiger partial charge in [0.1, 0.15) is 5.69 Å². The molecule has 3 aromatic carbocycles. The lowest BCUT2D eigenvalue weighted by Crippen LogP contribution is -2.43. The molecule has 3 aromatic rings. The van der Waals surface area contributed by atoms with Crippen molar-refractivity contribution in [2.75, 3.05) is 48.7 Å². The Morgan fingerprint density at radius 2 is 1.72 bits per heavy atom. The third-order valence-electron chi connectivity index (χ3n) is 5.65. The van der Waals surface area contributed by atoms with Crippen LogP contribution >= 0.6 is 11.8 Å². The van der Waals surface area contributed by atoms with Gasteiger partial charge in [0.2, 0.25) is 0 Å². The second-order valence-corrected chi connectivity index (χ2v) is 10.9. The van der Waals surface area contributed by atoms with Crippen LogP contribution in [-0.2, 0) is 10.0 Å². The summed E-state index contributed by atoms with van der Waals surface area (Å²) < 4.78 is 27.7. The summed E-state index contributed by atoms with van der Waals surface area (Å²) in [5.74, 6) is -0.00566. The largest absolute Gasteiger partial charge is 0.382 e. The number of anilines is 2. The summed E-state index contributed by atoms with van der Waals surface area (Å²) >= 11 is 1.65. The normalized spacial score (nSPS) is 13.7. The number of carbonyl (C=O) groups is 1. The van der Waals surface area contributed by atoms with E-state index < -0.39 is 15.9 Å². The van der Waals surface area contributed by atoms with Crippen LogP contribution in [0.4, 0.5) is 17.1 Å². The number of piperazine rings is 1. The molecule has 1 heterocycles. The number of nitroso groups, excluding NO2 is 1. The number of nitrogens with one attached hydrogen (secondary N) is 3. The van der Waals surface area contributed by atoms with Crippen molar-refractivity contribution in [3.8, 4) is 0 Å². The number of benzene rings is 3. The Morgan fingerprint density at radius 3 is 2.42 bits per heavy atom. The first-order valence-corrected chi connectivity index (χ1v) is 14.0. The second kappa shape index (κ2) is 12.0. The fraction of sp³-hybridized carbons (Fsp3) is 0.240. The highest BCUT2D eigenvalue weighted by Gasteiger charge is 2.21. The lowest BCUT2D eigenvalue weighted by Gasteiger charge is -2.29. The minimum Gasteiger partial charge on any atom is -0.382 e. The molecule has 1 aliphatic heterocycles. The molecule has 9 nitrogen and oxygen atoms in total. The second-order valence-electron chi connectivity index (χ2n) is 8.08. The van der Waals surface area contributed by atoms with Crippen LogP contribution in [0.1, 0.15) is 10.4 Å². The number of thioether (sulfide) groups is 1. The molecule has 1 fully saturated rings. The van der Waals surface area contributed by atoms with Gasteiger partial charge in [-0.05, 0) is 59.8 Å². The van der Waals surface area contributed by atoms with E-state index in [-0.39, 0.29) is 16.1 Å². The van der Waals surface area contributed by atoms with E-state index >= 15 is 0 Å². The topological polar surface area (TPSA) is 120 Å². The van der Waals surface area contributed by atoms with Gasteiger partial charge in [-0.3, -0.25) is 4.79 Å². The third-order valence-corrected chi connectivity index (χ3v) is 7.99. The van der Waals surface area contributed by atoms with E-state index in [0.29, 0.717) is 12.2 Å². The first-order valence-electron chi connectivity index (χ1n) is 11.5. The molecule has 36 heavy (non-hydrogen) atoms. The third kappa shape index (κ3) is 6.62. The van der Waals surface area contributed by atoms with Crippen molar-refractivity contribution < 1.29 is 13.2 Å². The van der Waals surface area contributed by atoms with Gasteiger partial charge in [-0.2, -0.15) is 0 Å². The summed E-state index contributed by atoms with van der Waals surface area (Å²) in [4.78, 5) is 27.1. The molecule has 0 spiro atoms. The van der Waals surface area contributed by atoms with Crippen LogP contribution < -0.4 is 20.3 Å². The average molecular weight is 526 g/mol. The highest BCUT2D eigenvalue weighted by Crippen LogP contribution is 2.28. The molecular formula is C25H27N5O4S2. The average Bonchev–Trinajstić information content (AvgIpc) is 2.92. The maximum Gasteiger partial charge on any atom is 0.264 e. The van der Waals surface area contributed by atoms with Crippen LogP contribution in [0.15, 0.2) is 87.8 Å². The Kier molecular flexibility index (Phi) is 8.57. The minimum atomic E-state index is -4.20. The number of nitrogens with zero attached hydrogens (tertiary/aromatic N) is 2. The summed E-state index contributed by atoms with van der Waals surface area (Å²) in [6, 6.07) is 20.7. The molecule has 0 bridgehead atoms. The van der Waals surface area contributed by atoms with Crippen molar-refractivity contribution in [1.29, 1.82) is 0 Å². The number of carbonyl (C=O) groups excluding carboxylic acids is 1. The van der Waals surface area contributed by atoms with Gasteiger partial charge in [0.05, 0.1) is 10.6 Å². The van der Waals surface area contributed by atoms with Crippen molar-refractivity contribution in [2.24, 2.45) is 5.18 Å². The zero-order chi connectivity index (χ0) is 25.4. The fourth-order valence-electron chi connectivity index (χ4n) is 3.76. The number of rotatable bonds is 10. The molecule has 1 amide bonds. The van der Waals surface area contributed by atoms with Crippen molar-refractivity contribution in [1.82, 2.24) is 10.0 Å². The van der Waals surface area contributed by atoms with Gasteiger partial charge in [0.25, 0.3) is 15.9 Å². The summed E-state index contributed by atoms with van der Waals surface area (Å²) in [6.45, 7) is 4.06. The molecular weight excluding hydrogens is 498 g/mol. The summed E-state index contributed by atoms with van der Waals surface area (Å²) in [5.41, 5.74) is 1.58. The van der Waals surface area contributed by atoms with Crippen LogP contribution in [0.2, 0.25) is 0 Å². The van der Waals surface area contributed by atoms with Crippen LogP contribution in [-0.4, -0.2) is 52.8 Å². The van der Waals surface area contributed by atoms with Gasteiger partial charge >= 0.3 is 0 Å². The zero-order valence-electron chi connectivity index (χ0n) is 19.5. The lowest BCUT2D eigenvalue weighted by atomic mass is 10.2. The predicted molar refractivity (Wildman–Crippen MR) is 144 cm³/mol. The highest BCUT2D eigenvalue weighted by molar-refractivity contribution is 7.99. The summed E-state index contributed by atoms with van der Waals surface area (Å²) in [5, 5.41) is 9.36. The maximum absolute atomic E-state index is 12.8. The summed E-state index contributed by atoms with van der Waals surface area (Å²) in [6.07, 6.45) is 0. The van der Waals surface area contributed by atoms with Crippen LogP contribution in [0.25, 0.3) is 0 Å². The van der Waals surface area contributed by atoms with Gasteiger partial charge in [-0.15, -0.1) is 16.7 Å². The van der Waals surface area contributed by atoms with E-state index in [4.69, 9.17) is 0 Å². The van der Waals surface area contributed by atoms with E-state index in [1.165, 1.54) is 12.1 Å². The van der Waals surface area contributed by atoms with E-state index in [2.05, 4.69) is 25.4 Å². The summed E-state index contributed by atoms with van der Waals surface area (Å²) in [7, 11) is -4.20. The maximum atomic E-state index is 12.8. The molecule has 0 radical (unpaired) electrons. The molecule has 0 saturated carbocycles. The Bertz CT molecular complexity index is 1300. The van der Waals surface area contributed by atoms with Crippen molar-refractivity contribution in [3.05, 3.63) is 83.3 Å². The standard InChI is InChI=1S/C25H27N5O4S2/c31-25(19-6-8-20(9-7-19)30-15-12-26-13-16-30)29-36(33,34)22-10-11-23(24(18-22)28-32)27-14-17-35-21-4-2-1-3-5-21/h1-11,18,26-27H,12-17H2,(H,29,31). The molecule has 4 rings (SSSR count).